The Bertz CT molecular complexity index is 253. The van der Waals surface area contributed by atoms with E-state index in [1.54, 1.807) is 0 Å². The molecule has 0 atom stereocenters. The molecule has 66 valence electrons. The fraction of sp³-hybridized carbons (Fsp3) is 0.667. The molecule has 2 nitrogen and oxygen atoms in total. The van der Waals surface area contributed by atoms with Crippen molar-refractivity contribution in [1.29, 1.82) is 0 Å². The van der Waals surface area contributed by atoms with E-state index in [0.29, 0.717) is 0 Å². The Morgan fingerprint density at radius 1 is 1.58 bits per heavy atom. The number of aromatic nitrogens is 1. The molecule has 1 heterocycles. The van der Waals surface area contributed by atoms with Gasteiger partial charge < -0.3 is 5.73 Å². The molecule has 12 heavy (non-hydrogen) atoms. The highest BCUT2D eigenvalue weighted by atomic mass is 32.1. The van der Waals surface area contributed by atoms with Crippen LogP contribution in [0.15, 0.2) is 5.38 Å². The quantitative estimate of drug-likeness (QED) is 0.772. The summed E-state index contributed by atoms with van der Waals surface area (Å²) in [5, 5.41) is 3.53. The Hall–Kier alpha value is -0.410. The minimum atomic E-state index is 0.774. The Labute approximate surface area is 76.8 Å². The van der Waals surface area contributed by atoms with Crippen LogP contribution in [0.25, 0.3) is 0 Å². The third-order valence-corrected chi connectivity index (χ3v) is 3.19. The molecule has 2 N–H and O–H groups in total. The van der Waals surface area contributed by atoms with Crippen molar-refractivity contribution in [3.63, 3.8) is 0 Å². The second kappa shape index (κ2) is 3.54. The minimum Gasteiger partial charge on any atom is -0.330 e. The highest BCUT2D eigenvalue weighted by Crippen LogP contribution is 2.41. The zero-order valence-electron chi connectivity index (χ0n) is 7.12. The van der Waals surface area contributed by atoms with Crippen molar-refractivity contribution in [3.05, 3.63) is 16.1 Å². The summed E-state index contributed by atoms with van der Waals surface area (Å²) >= 11 is 1.82. The van der Waals surface area contributed by atoms with E-state index in [4.69, 9.17) is 5.73 Å². The molecule has 1 aromatic rings. The normalized spacial score (nSPS) is 16.8. The Kier molecular flexibility index (Phi) is 2.42. The van der Waals surface area contributed by atoms with Gasteiger partial charge in [0, 0.05) is 11.3 Å². The molecule has 0 saturated heterocycles. The molecule has 1 aromatic heterocycles. The van der Waals surface area contributed by atoms with E-state index < -0.39 is 0 Å². The van der Waals surface area contributed by atoms with Gasteiger partial charge in [-0.1, -0.05) is 0 Å². The minimum absolute atomic E-state index is 0.774. The molecule has 1 fully saturated rings. The number of hydrogen-bond donors (Lipinski definition) is 1. The lowest BCUT2D eigenvalue weighted by Gasteiger charge is -1.91. The number of hydrogen-bond acceptors (Lipinski definition) is 3. The second-order valence-corrected chi connectivity index (χ2v) is 4.23. The van der Waals surface area contributed by atoms with Crippen molar-refractivity contribution in [2.45, 2.75) is 31.6 Å². The fourth-order valence-corrected chi connectivity index (χ4v) is 2.26. The van der Waals surface area contributed by atoms with Gasteiger partial charge in [0.25, 0.3) is 0 Å². The van der Waals surface area contributed by atoms with Gasteiger partial charge in [-0.05, 0) is 32.2 Å². The van der Waals surface area contributed by atoms with Crippen LogP contribution in [-0.2, 0) is 6.42 Å². The first-order chi connectivity index (χ1) is 5.90. The standard InChI is InChI=1S/C9H14N2S/c10-5-1-2-8-6-12-9(11-8)7-3-4-7/h6-7H,1-5,10H2. The first-order valence-electron chi connectivity index (χ1n) is 4.54. The van der Waals surface area contributed by atoms with Crippen molar-refractivity contribution in [2.75, 3.05) is 6.54 Å². The van der Waals surface area contributed by atoms with Crippen LogP contribution in [0.2, 0.25) is 0 Å². The highest BCUT2D eigenvalue weighted by Gasteiger charge is 2.26. The molecule has 3 heteroatoms. The molecule has 1 saturated carbocycles. The summed E-state index contributed by atoms with van der Waals surface area (Å²) in [5.74, 6) is 0.807. The van der Waals surface area contributed by atoms with Crippen LogP contribution in [0.1, 0.15) is 35.9 Å². The second-order valence-electron chi connectivity index (χ2n) is 3.34. The van der Waals surface area contributed by atoms with Crippen molar-refractivity contribution >= 4 is 11.3 Å². The zero-order valence-corrected chi connectivity index (χ0v) is 7.94. The van der Waals surface area contributed by atoms with Gasteiger partial charge in [0.05, 0.1) is 10.7 Å². The third kappa shape index (κ3) is 1.84. The lowest BCUT2D eigenvalue weighted by atomic mass is 10.2. The smallest absolute Gasteiger partial charge is 0.0959 e. The van der Waals surface area contributed by atoms with Crippen molar-refractivity contribution in [1.82, 2.24) is 4.98 Å². The van der Waals surface area contributed by atoms with Crippen molar-refractivity contribution in [3.8, 4) is 0 Å². The van der Waals surface area contributed by atoms with Crippen LogP contribution in [0.4, 0.5) is 0 Å². The predicted octanol–water partition coefficient (Wildman–Crippen LogP) is 1.91. The molecular formula is C9H14N2S. The largest absolute Gasteiger partial charge is 0.330 e. The number of aryl methyl sites for hydroxylation is 1. The lowest BCUT2D eigenvalue weighted by Crippen LogP contribution is -2.00. The van der Waals surface area contributed by atoms with Crippen LogP contribution < -0.4 is 5.73 Å². The highest BCUT2D eigenvalue weighted by molar-refractivity contribution is 7.09. The molecule has 0 amide bonds. The molecule has 0 radical (unpaired) electrons. The molecule has 0 bridgehead atoms. The molecule has 0 unspecified atom stereocenters. The van der Waals surface area contributed by atoms with Gasteiger partial charge in [0.1, 0.15) is 0 Å². The molecule has 1 aliphatic rings. The van der Waals surface area contributed by atoms with Gasteiger partial charge in [0.15, 0.2) is 0 Å². The Morgan fingerprint density at radius 3 is 3.08 bits per heavy atom. The van der Waals surface area contributed by atoms with E-state index in [0.717, 1.165) is 25.3 Å². The summed E-state index contributed by atoms with van der Waals surface area (Å²) in [6.07, 6.45) is 4.82. The fourth-order valence-electron chi connectivity index (χ4n) is 1.24. The monoisotopic (exact) mass is 182 g/mol. The first kappa shape index (κ1) is 8.20. The summed E-state index contributed by atoms with van der Waals surface area (Å²) in [5.41, 5.74) is 6.67. The molecule has 2 rings (SSSR count). The Balaban J connectivity index is 1.93. The number of rotatable bonds is 4. The number of thiazole rings is 1. The Morgan fingerprint density at radius 2 is 2.42 bits per heavy atom. The third-order valence-electron chi connectivity index (χ3n) is 2.13. The van der Waals surface area contributed by atoms with E-state index >= 15 is 0 Å². The molecular weight excluding hydrogens is 168 g/mol. The number of nitrogens with zero attached hydrogens (tertiary/aromatic N) is 1. The van der Waals surface area contributed by atoms with Gasteiger partial charge in [-0.15, -0.1) is 11.3 Å². The van der Waals surface area contributed by atoms with E-state index in [1.807, 2.05) is 11.3 Å². The van der Waals surface area contributed by atoms with Crippen LogP contribution in [-0.4, -0.2) is 11.5 Å². The van der Waals surface area contributed by atoms with Crippen LogP contribution in [0.5, 0.6) is 0 Å². The van der Waals surface area contributed by atoms with Gasteiger partial charge in [0.2, 0.25) is 0 Å². The predicted molar refractivity (Wildman–Crippen MR) is 51.5 cm³/mol. The van der Waals surface area contributed by atoms with Crippen LogP contribution in [0, 0.1) is 0 Å². The van der Waals surface area contributed by atoms with Gasteiger partial charge in [-0.3, -0.25) is 0 Å². The van der Waals surface area contributed by atoms with Crippen molar-refractivity contribution in [2.24, 2.45) is 5.73 Å². The van der Waals surface area contributed by atoms with Gasteiger partial charge in [-0.25, -0.2) is 4.98 Å². The van der Waals surface area contributed by atoms with E-state index in [1.165, 1.54) is 23.5 Å². The summed E-state index contributed by atoms with van der Waals surface area (Å²) in [6.45, 7) is 0.774. The van der Waals surface area contributed by atoms with E-state index in [9.17, 15) is 0 Å². The van der Waals surface area contributed by atoms with Gasteiger partial charge >= 0.3 is 0 Å². The maximum Gasteiger partial charge on any atom is 0.0959 e. The summed E-state index contributed by atoms with van der Waals surface area (Å²) in [7, 11) is 0. The lowest BCUT2D eigenvalue weighted by molar-refractivity contribution is 0.810. The van der Waals surface area contributed by atoms with Crippen LogP contribution >= 0.6 is 11.3 Å². The first-order valence-corrected chi connectivity index (χ1v) is 5.42. The van der Waals surface area contributed by atoms with E-state index in [-0.39, 0.29) is 0 Å². The van der Waals surface area contributed by atoms with Gasteiger partial charge in [-0.2, -0.15) is 0 Å². The summed E-state index contributed by atoms with van der Waals surface area (Å²) < 4.78 is 0. The topological polar surface area (TPSA) is 38.9 Å². The van der Waals surface area contributed by atoms with Crippen LogP contribution in [0.3, 0.4) is 0 Å². The maximum absolute atomic E-state index is 5.43. The number of nitrogens with two attached hydrogens (primary N) is 1. The summed E-state index contributed by atoms with van der Waals surface area (Å²) in [4.78, 5) is 4.57. The average Bonchev–Trinajstić information content (AvgIpc) is 2.83. The van der Waals surface area contributed by atoms with Crippen molar-refractivity contribution < 1.29 is 0 Å². The SMILES string of the molecule is NCCCc1csc(C2CC2)n1. The summed E-state index contributed by atoms with van der Waals surface area (Å²) in [6, 6.07) is 0. The average molecular weight is 182 g/mol. The molecule has 0 aliphatic heterocycles. The zero-order chi connectivity index (χ0) is 8.39. The molecule has 0 aromatic carbocycles. The molecule has 1 aliphatic carbocycles. The maximum atomic E-state index is 5.43. The molecule has 0 spiro atoms. The van der Waals surface area contributed by atoms with E-state index in [2.05, 4.69) is 10.4 Å².